The van der Waals surface area contributed by atoms with Crippen molar-refractivity contribution in [2.24, 2.45) is 0 Å². The topological polar surface area (TPSA) is 111 Å². The van der Waals surface area contributed by atoms with Crippen molar-refractivity contribution in [2.75, 3.05) is 43.1 Å². The number of nitrogens with one attached hydrogen (secondary N) is 1. The molecule has 1 heterocycles. The molecule has 1 amide bonds. The van der Waals surface area contributed by atoms with Crippen molar-refractivity contribution < 1.29 is 37.2 Å². The molecule has 0 atom stereocenters. The van der Waals surface area contributed by atoms with E-state index in [1.54, 1.807) is 4.90 Å². The second-order valence-electron chi connectivity index (χ2n) is 6.73. The molecular weight excluding hydrogens is 435 g/mol. The summed E-state index contributed by atoms with van der Waals surface area (Å²) in [6, 6.07) is 8.04. The van der Waals surface area contributed by atoms with E-state index in [4.69, 9.17) is 9.47 Å². The number of esters is 1. The van der Waals surface area contributed by atoms with E-state index in [1.807, 2.05) is 0 Å². The summed E-state index contributed by atoms with van der Waals surface area (Å²) >= 11 is 0. The van der Waals surface area contributed by atoms with E-state index in [-0.39, 0.29) is 11.3 Å². The number of amides is 1. The number of nitrogens with zero attached hydrogens (tertiary/aromatic N) is 2. The zero-order valence-electron chi connectivity index (χ0n) is 16.6. The summed E-state index contributed by atoms with van der Waals surface area (Å²) < 4.78 is 49.4. The first-order valence-corrected chi connectivity index (χ1v) is 9.41. The fraction of sp³-hybridized carbons (Fsp3) is 0.300. The second-order valence-corrected chi connectivity index (χ2v) is 6.73. The van der Waals surface area contributed by atoms with Gasteiger partial charge in [-0.3, -0.25) is 14.9 Å². The van der Waals surface area contributed by atoms with E-state index < -0.39 is 40.8 Å². The van der Waals surface area contributed by atoms with Crippen LogP contribution < -0.4 is 10.2 Å². The van der Waals surface area contributed by atoms with Gasteiger partial charge < -0.3 is 19.7 Å². The number of rotatable bonds is 6. The smallest absolute Gasteiger partial charge is 0.418 e. The molecule has 0 spiro atoms. The highest BCUT2D eigenvalue weighted by atomic mass is 19.4. The Morgan fingerprint density at radius 1 is 1.16 bits per heavy atom. The number of hydrogen-bond donors (Lipinski definition) is 1. The molecule has 9 nitrogen and oxygen atoms in total. The van der Waals surface area contributed by atoms with E-state index in [0.717, 1.165) is 18.2 Å². The van der Waals surface area contributed by atoms with Crippen LogP contribution in [0.3, 0.4) is 0 Å². The summed E-state index contributed by atoms with van der Waals surface area (Å²) in [5, 5.41) is 13.2. The molecule has 2 aromatic carbocycles. The highest BCUT2D eigenvalue weighted by Gasteiger charge is 2.33. The summed E-state index contributed by atoms with van der Waals surface area (Å²) in [6.45, 7) is 0.787. The first kappa shape index (κ1) is 23.0. The van der Waals surface area contributed by atoms with Crippen molar-refractivity contribution >= 4 is 28.9 Å². The summed E-state index contributed by atoms with van der Waals surface area (Å²) in [7, 11) is 0. The molecule has 12 heteroatoms. The first-order chi connectivity index (χ1) is 15.2. The normalized spacial score (nSPS) is 14.0. The molecule has 1 aliphatic heterocycles. The van der Waals surface area contributed by atoms with Crippen LogP contribution in [0, 0.1) is 10.1 Å². The van der Waals surface area contributed by atoms with Gasteiger partial charge in [0.1, 0.15) is 0 Å². The largest absolute Gasteiger partial charge is 0.452 e. The monoisotopic (exact) mass is 453 g/mol. The number of nitro groups is 1. The van der Waals surface area contributed by atoms with Crippen LogP contribution in [0.5, 0.6) is 0 Å². The van der Waals surface area contributed by atoms with Gasteiger partial charge in [-0.25, -0.2) is 4.79 Å². The Kier molecular flexibility index (Phi) is 6.93. The average Bonchev–Trinajstić information content (AvgIpc) is 2.77. The first-order valence-electron chi connectivity index (χ1n) is 9.41. The number of benzene rings is 2. The maximum absolute atomic E-state index is 13.1. The average molecular weight is 453 g/mol. The van der Waals surface area contributed by atoms with Crippen LogP contribution in [-0.2, 0) is 20.4 Å². The molecule has 0 radical (unpaired) electrons. The molecule has 0 bridgehead atoms. The lowest BCUT2D eigenvalue weighted by Gasteiger charge is -2.30. The lowest BCUT2D eigenvalue weighted by molar-refractivity contribution is -0.384. The molecule has 3 rings (SSSR count). The minimum absolute atomic E-state index is 0.135. The number of carbonyl (C=O) groups excluding carboxylic acids is 2. The Labute approximate surface area is 179 Å². The number of anilines is 2. The fourth-order valence-corrected chi connectivity index (χ4v) is 3.12. The molecule has 1 N–H and O–H groups in total. The lowest BCUT2D eigenvalue weighted by atomic mass is 10.1. The van der Waals surface area contributed by atoms with Crippen molar-refractivity contribution in [1.29, 1.82) is 0 Å². The molecule has 32 heavy (non-hydrogen) atoms. The number of nitro benzene ring substituents is 1. The van der Waals surface area contributed by atoms with Gasteiger partial charge in [0.25, 0.3) is 11.6 Å². The van der Waals surface area contributed by atoms with Crippen LogP contribution in [0.1, 0.15) is 15.9 Å². The van der Waals surface area contributed by atoms with Gasteiger partial charge in [0.2, 0.25) is 0 Å². The van der Waals surface area contributed by atoms with E-state index >= 15 is 0 Å². The molecule has 2 aromatic rings. The van der Waals surface area contributed by atoms with Gasteiger partial charge in [-0.15, -0.1) is 0 Å². The van der Waals surface area contributed by atoms with Gasteiger partial charge in [0.15, 0.2) is 6.61 Å². The summed E-state index contributed by atoms with van der Waals surface area (Å²) in [5.74, 6) is -2.01. The number of ether oxygens (including phenoxy) is 2. The van der Waals surface area contributed by atoms with E-state index in [9.17, 15) is 32.9 Å². The zero-order chi connectivity index (χ0) is 23.3. The summed E-state index contributed by atoms with van der Waals surface area (Å²) in [5.41, 5.74) is -1.65. The number of alkyl halides is 3. The van der Waals surface area contributed by atoms with Crippen LogP contribution in [0.15, 0.2) is 42.5 Å². The molecule has 1 fully saturated rings. The Morgan fingerprint density at radius 2 is 1.84 bits per heavy atom. The molecule has 1 aliphatic rings. The van der Waals surface area contributed by atoms with Gasteiger partial charge in [-0.05, 0) is 18.2 Å². The Hall–Kier alpha value is -3.67. The van der Waals surface area contributed by atoms with Gasteiger partial charge in [0.05, 0.1) is 40.6 Å². The lowest BCUT2D eigenvalue weighted by Crippen LogP contribution is -2.37. The maximum Gasteiger partial charge on any atom is 0.418 e. The Bertz CT molecular complexity index is 1020. The fourth-order valence-electron chi connectivity index (χ4n) is 3.12. The zero-order valence-corrected chi connectivity index (χ0v) is 16.6. The molecule has 170 valence electrons. The Morgan fingerprint density at radius 3 is 2.50 bits per heavy atom. The molecule has 0 saturated carbocycles. The number of halogens is 3. The minimum atomic E-state index is -4.68. The van der Waals surface area contributed by atoms with Gasteiger partial charge in [-0.2, -0.15) is 13.2 Å². The minimum Gasteiger partial charge on any atom is -0.452 e. The maximum atomic E-state index is 13.1. The van der Waals surface area contributed by atoms with Gasteiger partial charge in [-0.1, -0.05) is 12.1 Å². The number of non-ortho nitro benzene ring substituents is 1. The standard InChI is InChI=1S/C20H18F3N3O6/c21-20(22,23)15-3-1-2-4-16(15)24-18(27)12-32-19(28)14-11-13(26(29)30)5-6-17(14)25-7-9-31-10-8-25/h1-6,11H,7-10,12H2,(H,24,27). The number of morpholine rings is 1. The molecule has 0 aromatic heterocycles. The number of carbonyl (C=O) groups is 2. The van der Waals surface area contributed by atoms with Crippen LogP contribution in [-0.4, -0.2) is 49.7 Å². The third kappa shape index (κ3) is 5.52. The summed E-state index contributed by atoms with van der Waals surface area (Å²) in [4.78, 5) is 36.9. The van der Waals surface area contributed by atoms with E-state index in [1.165, 1.54) is 24.3 Å². The van der Waals surface area contributed by atoms with Gasteiger partial charge in [0, 0.05) is 25.2 Å². The van der Waals surface area contributed by atoms with Crippen molar-refractivity contribution in [3.8, 4) is 0 Å². The highest BCUT2D eigenvalue weighted by Crippen LogP contribution is 2.34. The molecule has 1 saturated heterocycles. The van der Waals surface area contributed by atoms with Crippen LogP contribution in [0.25, 0.3) is 0 Å². The Balaban J connectivity index is 1.74. The summed E-state index contributed by atoms with van der Waals surface area (Å²) in [6.07, 6.45) is -4.68. The van der Waals surface area contributed by atoms with Gasteiger partial charge >= 0.3 is 12.1 Å². The molecule has 0 aliphatic carbocycles. The van der Waals surface area contributed by atoms with E-state index in [0.29, 0.717) is 32.0 Å². The predicted octanol–water partition coefficient (Wildman–Crippen LogP) is 3.25. The third-order valence-corrected chi connectivity index (χ3v) is 4.60. The van der Waals surface area contributed by atoms with Crippen molar-refractivity contribution in [3.05, 3.63) is 63.7 Å². The third-order valence-electron chi connectivity index (χ3n) is 4.60. The van der Waals surface area contributed by atoms with Crippen LogP contribution in [0.2, 0.25) is 0 Å². The van der Waals surface area contributed by atoms with Crippen molar-refractivity contribution in [2.45, 2.75) is 6.18 Å². The highest BCUT2D eigenvalue weighted by molar-refractivity contribution is 5.99. The van der Waals surface area contributed by atoms with Crippen LogP contribution >= 0.6 is 0 Å². The number of para-hydroxylation sites is 1. The van der Waals surface area contributed by atoms with Crippen molar-refractivity contribution in [3.63, 3.8) is 0 Å². The predicted molar refractivity (Wildman–Crippen MR) is 106 cm³/mol. The quantitative estimate of drug-likeness (QED) is 0.406. The SMILES string of the molecule is O=C(COC(=O)c1cc([N+](=O)[O-])ccc1N1CCOCC1)Nc1ccccc1C(F)(F)F. The molecular formula is C20H18F3N3O6. The second kappa shape index (κ2) is 9.64. The van der Waals surface area contributed by atoms with Crippen LogP contribution in [0.4, 0.5) is 30.2 Å². The van der Waals surface area contributed by atoms with Crippen molar-refractivity contribution in [1.82, 2.24) is 0 Å². The van der Waals surface area contributed by atoms with E-state index in [2.05, 4.69) is 5.32 Å². The number of hydrogen-bond acceptors (Lipinski definition) is 7. The molecule has 0 unspecified atom stereocenters.